The molecule has 3 N–H and O–H groups in total. The summed E-state index contributed by atoms with van der Waals surface area (Å²) < 4.78 is 5.50. The Bertz CT molecular complexity index is 388. The number of hydrogen-bond donors (Lipinski definition) is 2. The first-order valence-electron chi connectivity index (χ1n) is 5.79. The molecule has 17 heavy (non-hydrogen) atoms. The topological polar surface area (TPSA) is 60.2 Å². The standard InChI is InChI=1S/C12H19N3OS/c1-16-11-9(13)4-5-10(15-11)14-8-12(17-2)6-3-7-12/h4-5H,3,6-8,13H2,1-2H3,(H,14,15). The highest BCUT2D eigenvalue weighted by Crippen LogP contribution is 2.42. The molecule has 0 saturated heterocycles. The van der Waals surface area contributed by atoms with Gasteiger partial charge in [-0.2, -0.15) is 16.7 Å². The minimum absolute atomic E-state index is 0.399. The van der Waals surface area contributed by atoms with Gasteiger partial charge in [0, 0.05) is 11.3 Å². The second-order valence-electron chi connectivity index (χ2n) is 4.39. The summed E-state index contributed by atoms with van der Waals surface area (Å²) >= 11 is 1.95. The summed E-state index contributed by atoms with van der Waals surface area (Å²) in [6.45, 7) is 0.953. The number of nitrogens with two attached hydrogens (primary N) is 1. The molecular formula is C12H19N3OS. The lowest BCUT2D eigenvalue weighted by Crippen LogP contribution is -2.40. The molecule has 0 amide bonds. The number of methoxy groups -OCH3 is 1. The molecule has 0 aromatic carbocycles. The van der Waals surface area contributed by atoms with Crippen molar-refractivity contribution in [2.75, 3.05) is 31.0 Å². The van der Waals surface area contributed by atoms with E-state index in [0.717, 1.165) is 12.4 Å². The van der Waals surface area contributed by atoms with Crippen molar-refractivity contribution in [1.82, 2.24) is 4.98 Å². The highest BCUT2D eigenvalue weighted by atomic mass is 32.2. The Morgan fingerprint density at radius 1 is 1.53 bits per heavy atom. The molecule has 5 heteroatoms. The van der Waals surface area contributed by atoms with Crippen molar-refractivity contribution >= 4 is 23.3 Å². The Labute approximate surface area is 106 Å². The Morgan fingerprint density at radius 2 is 2.29 bits per heavy atom. The van der Waals surface area contributed by atoms with Gasteiger partial charge >= 0.3 is 0 Å². The van der Waals surface area contributed by atoms with Gasteiger partial charge in [-0.3, -0.25) is 0 Å². The third-order valence-corrected chi connectivity index (χ3v) is 4.79. The minimum atomic E-state index is 0.399. The van der Waals surface area contributed by atoms with Gasteiger partial charge in [0.05, 0.1) is 12.8 Å². The SMILES string of the molecule is COc1nc(NCC2(SC)CCC2)ccc1N. The molecule has 0 bridgehead atoms. The monoisotopic (exact) mass is 253 g/mol. The summed E-state index contributed by atoms with van der Waals surface area (Å²) in [6.07, 6.45) is 6.08. The number of hydrogen-bond acceptors (Lipinski definition) is 5. The number of nitrogens with one attached hydrogen (secondary N) is 1. The van der Waals surface area contributed by atoms with Gasteiger partial charge in [-0.15, -0.1) is 0 Å². The van der Waals surface area contributed by atoms with Crippen molar-refractivity contribution < 1.29 is 4.74 Å². The van der Waals surface area contributed by atoms with E-state index in [1.807, 2.05) is 23.9 Å². The highest BCUT2D eigenvalue weighted by molar-refractivity contribution is 8.00. The van der Waals surface area contributed by atoms with E-state index in [0.29, 0.717) is 16.3 Å². The maximum Gasteiger partial charge on any atom is 0.238 e. The molecule has 1 saturated carbocycles. The van der Waals surface area contributed by atoms with Crippen LogP contribution >= 0.6 is 11.8 Å². The van der Waals surface area contributed by atoms with Gasteiger partial charge in [0.1, 0.15) is 5.82 Å². The van der Waals surface area contributed by atoms with Gasteiger partial charge < -0.3 is 15.8 Å². The molecule has 1 aliphatic carbocycles. The Kier molecular flexibility index (Phi) is 3.66. The number of thioether (sulfide) groups is 1. The van der Waals surface area contributed by atoms with Crippen LogP contribution in [0.25, 0.3) is 0 Å². The van der Waals surface area contributed by atoms with E-state index < -0.39 is 0 Å². The van der Waals surface area contributed by atoms with E-state index in [9.17, 15) is 0 Å². The number of rotatable bonds is 5. The molecule has 0 spiro atoms. The van der Waals surface area contributed by atoms with Crippen LogP contribution in [0.1, 0.15) is 19.3 Å². The van der Waals surface area contributed by atoms with Crippen LogP contribution in [-0.2, 0) is 0 Å². The number of pyridine rings is 1. The van der Waals surface area contributed by atoms with Gasteiger partial charge in [-0.25, -0.2) is 0 Å². The average Bonchev–Trinajstić information content (AvgIpc) is 2.30. The van der Waals surface area contributed by atoms with Gasteiger partial charge in [-0.05, 0) is 31.2 Å². The molecule has 94 valence electrons. The largest absolute Gasteiger partial charge is 0.479 e. The minimum Gasteiger partial charge on any atom is -0.479 e. The van der Waals surface area contributed by atoms with Gasteiger partial charge in [0.25, 0.3) is 0 Å². The maximum absolute atomic E-state index is 5.73. The smallest absolute Gasteiger partial charge is 0.238 e. The maximum atomic E-state index is 5.73. The predicted molar refractivity (Wildman–Crippen MR) is 73.8 cm³/mol. The van der Waals surface area contributed by atoms with Gasteiger partial charge in [0.2, 0.25) is 5.88 Å². The second-order valence-corrected chi connectivity index (χ2v) is 5.66. The number of ether oxygens (including phenoxy) is 1. The first kappa shape index (κ1) is 12.4. The molecular weight excluding hydrogens is 234 g/mol. The first-order chi connectivity index (χ1) is 8.19. The van der Waals surface area contributed by atoms with E-state index in [2.05, 4.69) is 16.6 Å². The molecule has 1 aliphatic rings. The van der Waals surface area contributed by atoms with Crippen molar-refractivity contribution in [1.29, 1.82) is 0 Å². The molecule has 0 unspecified atom stereocenters. The van der Waals surface area contributed by atoms with Crippen LogP contribution in [0.2, 0.25) is 0 Å². The van der Waals surface area contributed by atoms with E-state index in [1.54, 1.807) is 7.11 Å². The normalized spacial score (nSPS) is 17.3. The van der Waals surface area contributed by atoms with E-state index in [-0.39, 0.29) is 0 Å². The predicted octanol–water partition coefficient (Wildman–Crippen LogP) is 2.37. The molecule has 1 heterocycles. The Morgan fingerprint density at radius 3 is 2.82 bits per heavy atom. The first-order valence-corrected chi connectivity index (χ1v) is 7.01. The van der Waals surface area contributed by atoms with Crippen LogP contribution in [0.15, 0.2) is 12.1 Å². The summed E-state index contributed by atoms with van der Waals surface area (Å²) in [5.74, 6) is 1.32. The highest BCUT2D eigenvalue weighted by Gasteiger charge is 2.35. The fourth-order valence-electron chi connectivity index (χ4n) is 1.99. The number of nitrogens with zero attached hydrogens (tertiary/aromatic N) is 1. The lowest BCUT2D eigenvalue weighted by molar-refractivity contribution is 0.378. The number of nitrogen functional groups attached to an aromatic ring is 1. The van der Waals surface area contributed by atoms with Crippen LogP contribution in [0.5, 0.6) is 5.88 Å². The van der Waals surface area contributed by atoms with Crippen molar-refractivity contribution in [3.63, 3.8) is 0 Å². The number of aromatic nitrogens is 1. The molecule has 1 fully saturated rings. The Hall–Kier alpha value is -1.10. The molecule has 1 aromatic rings. The summed E-state index contributed by atoms with van der Waals surface area (Å²) in [5, 5.41) is 3.37. The second kappa shape index (κ2) is 5.04. The molecule has 2 rings (SSSR count). The molecule has 0 atom stereocenters. The van der Waals surface area contributed by atoms with Crippen LogP contribution in [0.4, 0.5) is 11.5 Å². The van der Waals surface area contributed by atoms with Crippen LogP contribution in [-0.4, -0.2) is 29.6 Å². The number of anilines is 2. The van der Waals surface area contributed by atoms with Crippen LogP contribution < -0.4 is 15.8 Å². The van der Waals surface area contributed by atoms with Crippen LogP contribution in [0, 0.1) is 0 Å². The third-order valence-electron chi connectivity index (χ3n) is 3.37. The van der Waals surface area contributed by atoms with Gasteiger partial charge in [0.15, 0.2) is 0 Å². The summed E-state index contributed by atoms with van der Waals surface area (Å²) in [7, 11) is 1.58. The molecule has 4 nitrogen and oxygen atoms in total. The fraction of sp³-hybridized carbons (Fsp3) is 0.583. The molecule has 0 radical (unpaired) electrons. The quantitative estimate of drug-likeness (QED) is 0.843. The summed E-state index contributed by atoms with van der Waals surface area (Å²) in [5.41, 5.74) is 6.30. The summed E-state index contributed by atoms with van der Waals surface area (Å²) in [6, 6.07) is 3.71. The zero-order chi connectivity index (χ0) is 12.3. The van der Waals surface area contributed by atoms with E-state index >= 15 is 0 Å². The molecule has 1 aromatic heterocycles. The van der Waals surface area contributed by atoms with Crippen molar-refractivity contribution in [3.8, 4) is 5.88 Å². The summed E-state index contributed by atoms with van der Waals surface area (Å²) in [4.78, 5) is 4.32. The van der Waals surface area contributed by atoms with Crippen molar-refractivity contribution in [2.45, 2.75) is 24.0 Å². The zero-order valence-electron chi connectivity index (χ0n) is 10.3. The lowest BCUT2D eigenvalue weighted by atomic mass is 9.84. The lowest BCUT2D eigenvalue weighted by Gasteiger charge is -2.40. The average molecular weight is 253 g/mol. The van der Waals surface area contributed by atoms with Crippen LogP contribution in [0.3, 0.4) is 0 Å². The van der Waals surface area contributed by atoms with Crippen molar-refractivity contribution in [2.24, 2.45) is 0 Å². The Balaban J connectivity index is 1.99. The third kappa shape index (κ3) is 2.60. The fourth-order valence-corrected chi connectivity index (χ4v) is 2.90. The van der Waals surface area contributed by atoms with E-state index in [1.165, 1.54) is 19.3 Å². The van der Waals surface area contributed by atoms with Gasteiger partial charge in [-0.1, -0.05) is 6.42 Å². The zero-order valence-corrected chi connectivity index (χ0v) is 11.1. The van der Waals surface area contributed by atoms with E-state index in [4.69, 9.17) is 10.5 Å². The van der Waals surface area contributed by atoms with Crippen molar-refractivity contribution in [3.05, 3.63) is 12.1 Å². The molecule has 0 aliphatic heterocycles.